The largest absolute Gasteiger partial charge is 0.483 e. The topological polar surface area (TPSA) is 38.3 Å². The Bertz CT molecular complexity index is 610. The van der Waals surface area contributed by atoms with E-state index in [4.69, 9.17) is 4.74 Å². The quantitative estimate of drug-likeness (QED) is 0.853. The Labute approximate surface area is 110 Å². The van der Waals surface area contributed by atoms with Gasteiger partial charge in [0.15, 0.2) is 0 Å². The van der Waals surface area contributed by atoms with Gasteiger partial charge in [-0.1, -0.05) is 24.3 Å². The molecule has 1 unspecified atom stereocenters. The van der Waals surface area contributed by atoms with Crippen LogP contribution in [0.3, 0.4) is 0 Å². The van der Waals surface area contributed by atoms with Crippen molar-refractivity contribution < 1.29 is 13.9 Å². The summed E-state index contributed by atoms with van der Waals surface area (Å²) in [6, 6.07) is 13.2. The summed E-state index contributed by atoms with van der Waals surface area (Å²) in [5, 5.41) is 2.81. The number of carbonyl (C=O) groups excluding carboxylic acids is 1. The van der Waals surface area contributed by atoms with Gasteiger partial charge in [-0.05, 0) is 29.8 Å². The lowest BCUT2D eigenvalue weighted by Crippen LogP contribution is -2.26. The average molecular weight is 257 g/mol. The third kappa shape index (κ3) is 2.29. The van der Waals surface area contributed by atoms with Crippen molar-refractivity contribution in [1.82, 2.24) is 5.32 Å². The normalized spacial score (nSPS) is 17.9. The highest BCUT2D eigenvalue weighted by molar-refractivity contribution is 5.97. The zero-order valence-corrected chi connectivity index (χ0v) is 10.1. The number of para-hydroxylation sites is 1. The number of ether oxygens (including phenoxy) is 1. The van der Waals surface area contributed by atoms with E-state index in [1.165, 1.54) is 12.1 Å². The summed E-state index contributed by atoms with van der Waals surface area (Å²) >= 11 is 0. The number of nitrogens with one attached hydrogen (secondary N) is 1. The maximum absolute atomic E-state index is 12.9. The van der Waals surface area contributed by atoms with Crippen LogP contribution in [-0.2, 0) is 0 Å². The first-order valence-electron chi connectivity index (χ1n) is 6.03. The average Bonchev–Trinajstić information content (AvgIpc) is 2.60. The number of hydrogen-bond acceptors (Lipinski definition) is 2. The summed E-state index contributed by atoms with van der Waals surface area (Å²) in [7, 11) is 0. The predicted molar refractivity (Wildman–Crippen MR) is 68.5 cm³/mol. The van der Waals surface area contributed by atoms with Gasteiger partial charge in [0.25, 0.3) is 5.91 Å². The molecule has 3 nitrogen and oxygen atoms in total. The number of benzene rings is 2. The van der Waals surface area contributed by atoms with E-state index in [0.717, 1.165) is 5.56 Å². The van der Waals surface area contributed by atoms with Crippen molar-refractivity contribution in [2.45, 2.75) is 6.10 Å². The molecule has 0 saturated carbocycles. The summed E-state index contributed by atoms with van der Waals surface area (Å²) in [5.41, 5.74) is 1.35. The Kier molecular flexibility index (Phi) is 2.91. The third-order valence-corrected chi connectivity index (χ3v) is 3.09. The Balaban J connectivity index is 1.94. The second kappa shape index (κ2) is 4.72. The molecule has 2 aromatic rings. The molecular weight excluding hydrogens is 245 g/mol. The molecule has 0 spiro atoms. The van der Waals surface area contributed by atoms with Crippen molar-refractivity contribution in [2.75, 3.05) is 6.54 Å². The van der Waals surface area contributed by atoms with Crippen LogP contribution in [0.25, 0.3) is 0 Å². The molecule has 2 aromatic carbocycles. The number of hydrogen-bond donors (Lipinski definition) is 1. The molecule has 1 amide bonds. The summed E-state index contributed by atoms with van der Waals surface area (Å²) in [6.07, 6.45) is -0.312. The third-order valence-electron chi connectivity index (χ3n) is 3.09. The Morgan fingerprint density at radius 3 is 2.63 bits per heavy atom. The lowest BCUT2D eigenvalue weighted by molar-refractivity contribution is 0.0951. The van der Waals surface area contributed by atoms with Gasteiger partial charge in [0.05, 0.1) is 12.1 Å². The molecule has 1 aliphatic heterocycles. The molecule has 4 heteroatoms. The van der Waals surface area contributed by atoms with Gasteiger partial charge in [-0.2, -0.15) is 0 Å². The molecule has 1 aliphatic rings. The van der Waals surface area contributed by atoms with Crippen LogP contribution in [0.1, 0.15) is 22.0 Å². The Morgan fingerprint density at radius 2 is 1.84 bits per heavy atom. The summed E-state index contributed by atoms with van der Waals surface area (Å²) in [4.78, 5) is 11.9. The molecule has 1 heterocycles. The van der Waals surface area contributed by atoms with E-state index in [2.05, 4.69) is 5.32 Å². The molecule has 0 radical (unpaired) electrons. The zero-order valence-electron chi connectivity index (χ0n) is 10.1. The lowest BCUT2D eigenvalue weighted by Gasteiger charge is -2.17. The van der Waals surface area contributed by atoms with E-state index >= 15 is 0 Å². The Hall–Kier alpha value is -2.36. The predicted octanol–water partition coefficient (Wildman–Crippen LogP) is 2.69. The zero-order chi connectivity index (χ0) is 13.2. The van der Waals surface area contributed by atoms with Crippen molar-refractivity contribution in [2.24, 2.45) is 0 Å². The highest BCUT2D eigenvalue weighted by Gasteiger charge is 2.23. The number of halogens is 1. The van der Waals surface area contributed by atoms with Gasteiger partial charge in [0.2, 0.25) is 0 Å². The van der Waals surface area contributed by atoms with Crippen LogP contribution in [-0.4, -0.2) is 12.5 Å². The minimum absolute atomic E-state index is 0.153. The van der Waals surface area contributed by atoms with Gasteiger partial charge in [-0.25, -0.2) is 4.39 Å². The fraction of sp³-hybridized carbons (Fsp3) is 0.133. The van der Waals surface area contributed by atoms with Crippen LogP contribution in [0, 0.1) is 5.82 Å². The molecule has 0 fully saturated rings. The molecule has 1 N–H and O–H groups in total. The standard InChI is InChI=1S/C15H12FNO2/c16-11-7-5-10(6-8-11)14-9-17-15(18)12-3-1-2-4-13(12)19-14/h1-8,14H,9H2,(H,17,18). The minimum atomic E-state index is -0.312. The van der Waals surface area contributed by atoms with E-state index in [1.807, 2.05) is 6.07 Å². The Morgan fingerprint density at radius 1 is 1.11 bits per heavy atom. The number of rotatable bonds is 1. The molecule has 1 atom stereocenters. The number of carbonyl (C=O) groups is 1. The van der Waals surface area contributed by atoms with E-state index < -0.39 is 0 Å². The van der Waals surface area contributed by atoms with Gasteiger partial charge >= 0.3 is 0 Å². The van der Waals surface area contributed by atoms with Crippen molar-refractivity contribution in [3.63, 3.8) is 0 Å². The SMILES string of the molecule is O=C1NCC(c2ccc(F)cc2)Oc2ccccc21. The van der Waals surface area contributed by atoms with Gasteiger partial charge in [0, 0.05) is 0 Å². The van der Waals surface area contributed by atoms with Gasteiger partial charge < -0.3 is 10.1 Å². The van der Waals surface area contributed by atoms with Crippen molar-refractivity contribution in [3.05, 3.63) is 65.5 Å². The first-order valence-corrected chi connectivity index (χ1v) is 6.03. The van der Waals surface area contributed by atoms with Crippen LogP contribution in [0.5, 0.6) is 5.75 Å². The molecule has 0 bridgehead atoms. The fourth-order valence-corrected chi connectivity index (χ4v) is 2.10. The first-order chi connectivity index (χ1) is 9.24. The van der Waals surface area contributed by atoms with Gasteiger partial charge in [-0.15, -0.1) is 0 Å². The summed E-state index contributed by atoms with van der Waals surface area (Å²) < 4.78 is 18.8. The summed E-state index contributed by atoms with van der Waals surface area (Å²) in [6.45, 7) is 0.360. The number of amides is 1. The van der Waals surface area contributed by atoms with Gasteiger partial charge in [-0.3, -0.25) is 4.79 Å². The highest BCUT2D eigenvalue weighted by Crippen LogP contribution is 2.27. The van der Waals surface area contributed by atoms with Crippen molar-refractivity contribution >= 4 is 5.91 Å². The van der Waals surface area contributed by atoms with Crippen LogP contribution in [0.2, 0.25) is 0 Å². The van der Waals surface area contributed by atoms with E-state index in [1.54, 1.807) is 30.3 Å². The van der Waals surface area contributed by atoms with Crippen LogP contribution in [0.15, 0.2) is 48.5 Å². The molecular formula is C15H12FNO2. The molecule has 3 rings (SSSR count). The maximum atomic E-state index is 12.9. The molecule has 19 heavy (non-hydrogen) atoms. The maximum Gasteiger partial charge on any atom is 0.255 e. The molecule has 0 saturated heterocycles. The molecule has 96 valence electrons. The van der Waals surface area contributed by atoms with Crippen LogP contribution < -0.4 is 10.1 Å². The van der Waals surface area contributed by atoms with Gasteiger partial charge in [0.1, 0.15) is 17.7 Å². The van der Waals surface area contributed by atoms with E-state index in [0.29, 0.717) is 17.9 Å². The van der Waals surface area contributed by atoms with E-state index in [9.17, 15) is 9.18 Å². The van der Waals surface area contributed by atoms with Crippen molar-refractivity contribution in [3.8, 4) is 5.75 Å². The fourth-order valence-electron chi connectivity index (χ4n) is 2.10. The molecule has 0 aromatic heterocycles. The molecule has 0 aliphatic carbocycles. The number of fused-ring (bicyclic) bond motifs is 1. The first kappa shape index (κ1) is 11.7. The highest BCUT2D eigenvalue weighted by atomic mass is 19.1. The van der Waals surface area contributed by atoms with Crippen LogP contribution in [0.4, 0.5) is 4.39 Å². The second-order valence-electron chi connectivity index (χ2n) is 4.36. The minimum Gasteiger partial charge on any atom is -0.483 e. The smallest absolute Gasteiger partial charge is 0.255 e. The monoisotopic (exact) mass is 257 g/mol. The lowest BCUT2D eigenvalue weighted by atomic mass is 10.1. The van der Waals surface area contributed by atoms with Crippen molar-refractivity contribution in [1.29, 1.82) is 0 Å². The second-order valence-corrected chi connectivity index (χ2v) is 4.36. The van der Waals surface area contributed by atoms with Crippen LogP contribution >= 0.6 is 0 Å². The summed E-state index contributed by atoms with van der Waals surface area (Å²) in [5.74, 6) is 0.105. The van der Waals surface area contributed by atoms with E-state index in [-0.39, 0.29) is 17.8 Å².